The van der Waals surface area contributed by atoms with Gasteiger partial charge in [0.05, 0.1) is 23.7 Å². The maximum absolute atomic E-state index is 12.7. The average molecular weight is 398 g/mol. The van der Waals surface area contributed by atoms with E-state index in [1.54, 1.807) is 18.2 Å². The van der Waals surface area contributed by atoms with Gasteiger partial charge in [0.2, 0.25) is 0 Å². The van der Waals surface area contributed by atoms with Crippen LogP contribution in [-0.2, 0) is 19.2 Å². The summed E-state index contributed by atoms with van der Waals surface area (Å²) in [7, 11) is 0. The molecule has 3 N–H and O–H groups in total. The van der Waals surface area contributed by atoms with E-state index in [0.717, 1.165) is 5.57 Å². The molecule has 1 aromatic carbocycles. The summed E-state index contributed by atoms with van der Waals surface area (Å²) in [5, 5.41) is 30.0. The number of hydrogen-bond acceptors (Lipinski definition) is 7. The van der Waals surface area contributed by atoms with Gasteiger partial charge in [-0.3, -0.25) is 29.6 Å². The van der Waals surface area contributed by atoms with Crippen LogP contribution in [0.15, 0.2) is 35.9 Å². The molecule has 0 unspecified atom stereocenters. The van der Waals surface area contributed by atoms with Crippen molar-refractivity contribution in [2.75, 3.05) is 0 Å². The number of fused-ring (bicyclic) bond motifs is 4. The maximum Gasteiger partial charge on any atom is 0.258 e. The fourth-order valence-electron chi connectivity index (χ4n) is 5.65. The van der Waals surface area contributed by atoms with Gasteiger partial charge >= 0.3 is 0 Å². The Labute approximate surface area is 164 Å². The zero-order chi connectivity index (χ0) is 20.6. The molecule has 0 radical (unpaired) electrons. The Kier molecular flexibility index (Phi) is 3.71. The molecule has 3 fully saturated rings. The van der Waals surface area contributed by atoms with E-state index in [9.17, 15) is 34.7 Å². The lowest BCUT2D eigenvalue weighted by molar-refractivity contribution is -0.174. The first-order chi connectivity index (χ1) is 13.8. The number of phenolic OH excluding ortho intramolecular Hbond substituents is 1. The van der Waals surface area contributed by atoms with Crippen LogP contribution >= 0.6 is 0 Å². The van der Waals surface area contributed by atoms with Gasteiger partial charge in [0.15, 0.2) is 0 Å². The number of amides is 4. The summed E-state index contributed by atoms with van der Waals surface area (Å²) >= 11 is 0. The quantitative estimate of drug-likeness (QED) is 0.362. The number of hydroxylamine groups is 4. The number of hydrogen-bond donors (Lipinski definition) is 3. The van der Waals surface area contributed by atoms with E-state index in [0.29, 0.717) is 5.56 Å². The first kappa shape index (κ1) is 18.0. The number of rotatable bonds is 1. The topological polar surface area (TPSA) is 135 Å². The second kappa shape index (κ2) is 5.98. The van der Waals surface area contributed by atoms with Crippen molar-refractivity contribution >= 4 is 23.6 Å². The van der Waals surface area contributed by atoms with Crippen LogP contribution in [0.1, 0.15) is 24.3 Å². The smallest absolute Gasteiger partial charge is 0.258 e. The minimum Gasteiger partial charge on any atom is -0.508 e. The van der Waals surface area contributed by atoms with Crippen molar-refractivity contribution in [2.45, 2.75) is 18.8 Å². The fourth-order valence-corrected chi connectivity index (χ4v) is 5.65. The van der Waals surface area contributed by atoms with Crippen molar-refractivity contribution in [3.05, 3.63) is 41.5 Å². The number of imide groups is 2. The first-order valence-electron chi connectivity index (χ1n) is 9.43. The Morgan fingerprint density at radius 1 is 0.828 bits per heavy atom. The molecule has 29 heavy (non-hydrogen) atoms. The number of phenols is 1. The second-order valence-electron chi connectivity index (χ2n) is 8.10. The van der Waals surface area contributed by atoms with Crippen molar-refractivity contribution in [3.8, 4) is 5.75 Å². The highest BCUT2D eigenvalue weighted by Gasteiger charge is 2.62. The highest BCUT2D eigenvalue weighted by atomic mass is 16.5. The van der Waals surface area contributed by atoms with E-state index in [1.807, 2.05) is 0 Å². The van der Waals surface area contributed by atoms with Crippen LogP contribution in [0.4, 0.5) is 0 Å². The summed E-state index contributed by atoms with van der Waals surface area (Å²) in [5.74, 6) is -7.22. The number of benzene rings is 1. The monoisotopic (exact) mass is 398 g/mol. The molecule has 2 heterocycles. The van der Waals surface area contributed by atoms with Gasteiger partial charge in [-0.2, -0.15) is 10.1 Å². The van der Waals surface area contributed by atoms with E-state index in [2.05, 4.69) is 0 Å². The molecular weight excluding hydrogens is 380 g/mol. The molecule has 0 bridgehead atoms. The third kappa shape index (κ3) is 2.28. The molecule has 6 atom stereocenters. The van der Waals surface area contributed by atoms with Crippen LogP contribution in [-0.4, -0.2) is 49.3 Å². The molecule has 9 nitrogen and oxygen atoms in total. The van der Waals surface area contributed by atoms with E-state index in [4.69, 9.17) is 0 Å². The van der Waals surface area contributed by atoms with Crippen molar-refractivity contribution in [2.24, 2.45) is 29.6 Å². The van der Waals surface area contributed by atoms with E-state index in [-0.39, 0.29) is 28.7 Å². The normalized spacial score (nSPS) is 36.1. The summed E-state index contributed by atoms with van der Waals surface area (Å²) in [4.78, 5) is 50.1. The van der Waals surface area contributed by atoms with E-state index >= 15 is 0 Å². The Balaban J connectivity index is 1.67. The summed E-state index contributed by atoms with van der Waals surface area (Å²) in [6.45, 7) is 0. The molecule has 0 aromatic heterocycles. The van der Waals surface area contributed by atoms with Gasteiger partial charge < -0.3 is 5.11 Å². The summed E-state index contributed by atoms with van der Waals surface area (Å²) in [6, 6.07) is 6.31. The molecule has 4 aliphatic rings. The summed E-state index contributed by atoms with van der Waals surface area (Å²) in [6.07, 6.45) is 2.16. The number of allylic oxidation sites excluding steroid dienone is 2. The van der Waals surface area contributed by atoms with Crippen LogP contribution in [0.2, 0.25) is 0 Å². The van der Waals surface area contributed by atoms with Crippen molar-refractivity contribution < 1.29 is 34.7 Å². The third-order valence-electron chi connectivity index (χ3n) is 6.83. The molecule has 2 saturated heterocycles. The molecule has 1 aromatic rings. The average Bonchev–Trinajstić information content (AvgIpc) is 3.06. The Morgan fingerprint density at radius 3 is 2.17 bits per heavy atom. The van der Waals surface area contributed by atoms with Gasteiger partial charge in [-0.1, -0.05) is 23.8 Å². The highest BCUT2D eigenvalue weighted by molar-refractivity contribution is 6.06. The largest absolute Gasteiger partial charge is 0.508 e. The molecule has 1 saturated carbocycles. The van der Waals surface area contributed by atoms with Crippen LogP contribution in [0.5, 0.6) is 5.75 Å². The minimum absolute atomic E-state index is 0.0123. The van der Waals surface area contributed by atoms with Gasteiger partial charge in [-0.25, -0.2) is 0 Å². The summed E-state index contributed by atoms with van der Waals surface area (Å²) < 4.78 is 0. The first-order valence-corrected chi connectivity index (χ1v) is 9.43. The lowest BCUT2D eigenvalue weighted by Crippen LogP contribution is -2.42. The van der Waals surface area contributed by atoms with Gasteiger partial charge in [0, 0.05) is 5.92 Å². The summed E-state index contributed by atoms with van der Waals surface area (Å²) in [5.41, 5.74) is 1.31. The highest BCUT2D eigenvalue weighted by Crippen LogP contribution is 2.57. The molecular formula is C20H18N2O7. The van der Waals surface area contributed by atoms with Crippen LogP contribution in [0, 0.1) is 29.6 Å². The van der Waals surface area contributed by atoms with Crippen molar-refractivity contribution in [1.29, 1.82) is 0 Å². The molecule has 2 aliphatic carbocycles. The number of nitrogens with zero attached hydrogens (tertiary/aromatic N) is 2. The Morgan fingerprint density at radius 2 is 1.48 bits per heavy atom. The molecule has 5 rings (SSSR count). The molecule has 9 heteroatoms. The van der Waals surface area contributed by atoms with E-state index < -0.39 is 59.1 Å². The lowest BCUT2D eigenvalue weighted by Gasteiger charge is -2.43. The van der Waals surface area contributed by atoms with Gasteiger partial charge in [0.25, 0.3) is 23.6 Å². The number of carbonyl (C=O) groups excluding carboxylic acids is 4. The molecule has 2 aliphatic heterocycles. The third-order valence-corrected chi connectivity index (χ3v) is 6.83. The molecule has 4 amide bonds. The van der Waals surface area contributed by atoms with Crippen molar-refractivity contribution in [3.63, 3.8) is 0 Å². The number of carbonyl (C=O) groups is 4. The second-order valence-corrected chi connectivity index (χ2v) is 8.10. The number of aromatic hydroxyl groups is 1. The predicted molar refractivity (Wildman–Crippen MR) is 92.9 cm³/mol. The SMILES string of the molecule is O=C1[C@H]2[C@H](CC=C3[C@H]2C[C@H]2C(=O)N(O)C(=O)[C@H]2[C@H]3c2cccc(O)c2)C(=O)N1O. The van der Waals surface area contributed by atoms with Crippen LogP contribution < -0.4 is 0 Å². The van der Waals surface area contributed by atoms with Gasteiger partial charge in [0.1, 0.15) is 5.75 Å². The zero-order valence-corrected chi connectivity index (χ0v) is 15.1. The molecule has 0 spiro atoms. The zero-order valence-electron chi connectivity index (χ0n) is 15.1. The Bertz CT molecular complexity index is 1000. The van der Waals surface area contributed by atoms with Crippen LogP contribution in [0.25, 0.3) is 0 Å². The van der Waals surface area contributed by atoms with Gasteiger partial charge in [-0.15, -0.1) is 0 Å². The fraction of sp³-hybridized carbons (Fsp3) is 0.400. The minimum atomic E-state index is -0.856. The molecule has 150 valence electrons. The predicted octanol–water partition coefficient (Wildman–Crippen LogP) is 0.807. The standard InChI is InChI=1S/C20H18N2O7/c23-9-3-1-2-8(6-9)14-10-4-5-11-15(19(26)21(28)17(11)24)12(10)7-13-16(14)20(27)22(29)18(13)25/h1-4,6,11-16,23,28-29H,5,7H2/t11-,12+,13+,14-,15-,16+/m0/s1. The van der Waals surface area contributed by atoms with Crippen LogP contribution in [0.3, 0.4) is 0 Å². The van der Waals surface area contributed by atoms with Crippen molar-refractivity contribution in [1.82, 2.24) is 10.1 Å². The lowest BCUT2D eigenvalue weighted by atomic mass is 9.57. The van der Waals surface area contributed by atoms with Gasteiger partial charge in [-0.05, 0) is 36.5 Å². The maximum atomic E-state index is 12.7. The Hall–Kier alpha value is -3.04. The van der Waals surface area contributed by atoms with E-state index in [1.165, 1.54) is 12.1 Å².